The van der Waals surface area contributed by atoms with Crippen molar-refractivity contribution in [2.24, 2.45) is 0 Å². The van der Waals surface area contributed by atoms with E-state index in [1.54, 1.807) is 12.4 Å². The van der Waals surface area contributed by atoms with Gasteiger partial charge in [0.15, 0.2) is 5.82 Å². The molecule has 1 N–H and O–H groups in total. The van der Waals surface area contributed by atoms with Crippen LogP contribution in [0.25, 0.3) is 0 Å². The molecule has 2 aromatic heterocycles. The highest BCUT2D eigenvalue weighted by Crippen LogP contribution is 2.22. The Morgan fingerprint density at radius 2 is 2.11 bits per heavy atom. The first-order chi connectivity index (χ1) is 9.30. The first-order valence-corrected chi connectivity index (χ1v) is 6.25. The highest BCUT2D eigenvalue weighted by atomic mass is 15.2. The molecule has 0 aliphatic carbocycles. The van der Waals surface area contributed by atoms with E-state index in [2.05, 4.69) is 26.6 Å². The van der Waals surface area contributed by atoms with Gasteiger partial charge in [0, 0.05) is 6.20 Å². The van der Waals surface area contributed by atoms with Crippen LogP contribution in [-0.2, 0) is 12.8 Å². The lowest BCUT2D eigenvalue weighted by Gasteiger charge is -2.11. The molecule has 5 nitrogen and oxygen atoms in total. The number of pyridine rings is 1. The Morgan fingerprint density at radius 1 is 1.26 bits per heavy atom. The van der Waals surface area contributed by atoms with Gasteiger partial charge in [0.05, 0.1) is 17.6 Å². The zero-order valence-corrected chi connectivity index (χ0v) is 11.0. The van der Waals surface area contributed by atoms with E-state index in [1.807, 2.05) is 26.0 Å². The average molecular weight is 253 g/mol. The van der Waals surface area contributed by atoms with Crippen LogP contribution in [0, 0.1) is 11.3 Å². The van der Waals surface area contributed by atoms with Crippen LogP contribution in [0.5, 0.6) is 0 Å². The van der Waals surface area contributed by atoms with E-state index in [1.165, 1.54) is 0 Å². The number of nitrogens with zero attached hydrogens (tertiary/aromatic N) is 4. The molecule has 0 radical (unpaired) electrons. The summed E-state index contributed by atoms with van der Waals surface area (Å²) in [5.41, 5.74) is 3.21. The van der Waals surface area contributed by atoms with Gasteiger partial charge in [-0.1, -0.05) is 13.8 Å². The number of nitrogens with one attached hydrogen (secondary N) is 1. The number of rotatable bonds is 4. The fourth-order valence-electron chi connectivity index (χ4n) is 1.95. The van der Waals surface area contributed by atoms with Crippen LogP contribution in [0.3, 0.4) is 0 Å². The molecule has 0 aliphatic heterocycles. The van der Waals surface area contributed by atoms with Crippen molar-refractivity contribution in [2.75, 3.05) is 5.32 Å². The normalized spacial score (nSPS) is 9.95. The largest absolute Gasteiger partial charge is 0.336 e. The maximum absolute atomic E-state index is 9.35. The molecule has 2 aromatic rings. The third kappa shape index (κ3) is 2.68. The minimum absolute atomic E-state index is 0.490. The Hall–Kier alpha value is -2.48. The summed E-state index contributed by atoms with van der Waals surface area (Å²) in [7, 11) is 0. The summed E-state index contributed by atoms with van der Waals surface area (Å²) in [4.78, 5) is 4.02. The second-order valence-electron chi connectivity index (χ2n) is 4.03. The number of hydrogen-bond acceptors (Lipinski definition) is 5. The van der Waals surface area contributed by atoms with Crippen LogP contribution < -0.4 is 5.32 Å². The number of anilines is 2. The quantitative estimate of drug-likeness (QED) is 0.906. The predicted molar refractivity (Wildman–Crippen MR) is 73.0 cm³/mol. The average Bonchev–Trinajstić information content (AvgIpc) is 2.47. The van der Waals surface area contributed by atoms with Crippen molar-refractivity contribution in [1.82, 2.24) is 15.2 Å². The van der Waals surface area contributed by atoms with Crippen LogP contribution in [-0.4, -0.2) is 15.2 Å². The molecule has 0 saturated heterocycles. The molecule has 0 unspecified atom stereocenters. The number of hydrogen-bond donors (Lipinski definition) is 1. The van der Waals surface area contributed by atoms with E-state index in [9.17, 15) is 5.26 Å². The minimum atomic E-state index is 0.490. The predicted octanol–water partition coefficient (Wildman–Crippen LogP) is 2.61. The van der Waals surface area contributed by atoms with Crippen molar-refractivity contribution in [3.8, 4) is 6.07 Å². The van der Waals surface area contributed by atoms with Gasteiger partial charge in [0.2, 0.25) is 0 Å². The second kappa shape index (κ2) is 5.91. The summed E-state index contributed by atoms with van der Waals surface area (Å²) in [6, 6.07) is 5.92. The third-order valence-electron chi connectivity index (χ3n) is 2.88. The van der Waals surface area contributed by atoms with Gasteiger partial charge in [0.25, 0.3) is 0 Å². The van der Waals surface area contributed by atoms with Crippen LogP contribution >= 0.6 is 0 Å². The van der Waals surface area contributed by atoms with Gasteiger partial charge in [-0.2, -0.15) is 10.4 Å². The number of aryl methyl sites for hydroxylation is 1. The van der Waals surface area contributed by atoms with Crippen molar-refractivity contribution < 1.29 is 0 Å². The van der Waals surface area contributed by atoms with Crippen LogP contribution in [0.2, 0.25) is 0 Å². The van der Waals surface area contributed by atoms with Crippen molar-refractivity contribution in [2.45, 2.75) is 26.7 Å². The van der Waals surface area contributed by atoms with Crippen molar-refractivity contribution in [3.63, 3.8) is 0 Å². The molecule has 0 atom stereocenters. The van der Waals surface area contributed by atoms with Crippen LogP contribution in [0.4, 0.5) is 11.5 Å². The monoisotopic (exact) mass is 253 g/mol. The molecule has 5 heteroatoms. The molecule has 0 bridgehead atoms. The molecule has 96 valence electrons. The van der Waals surface area contributed by atoms with Gasteiger partial charge in [0.1, 0.15) is 11.6 Å². The lowest BCUT2D eigenvalue weighted by Crippen LogP contribution is -2.07. The maximum atomic E-state index is 9.35. The van der Waals surface area contributed by atoms with E-state index >= 15 is 0 Å². The van der Waals surface area contributed by atoms with E-state index in [4.69, 9.17) is 0 Å². The van der Waals surface area contributed by atoms with Gasteiger partial charge in [-0.15, -0.1) is 5.10 Å². The first kappa shape index (κ1) is 13.0. The molecule has 0 fully saturated rings. The summed E-state index contributed by atoms with van der Waals surface area (Å²) in [6.45, 7) is 4.03. The zero-order valence-electron chi connectivity index (χ0n) is 11.0. The lowest BCUT2D eigenvalue weighted by molar-refractivity contribution is 0.877. The van der Waals surface area contributed by atoms with Gasteiger partial charge in [-0.3, -0.25) is 4.98 Å². The topological polar surface area (TPSA) is 74.5 Å². The Kier molecular flexibility index (Phi) is 4.04. The van der Waals surface area contributed by atoms with Gasteiger partial charge >= 0.3 is 0 Å². The van der Waals surface area contributed by atoms with E-state index in [0.717, 1.165) is 29.8 Å². The Bertz CT molecular complexity index is 601. The van der Waals surface area contributed by atoms with Crippen molar-refractivity contribution in [1.29, 1.82) is 5.26 Å². The zero-order chi connectivity index (χ0) is 13.7. The fraction of sp³-hybridized carbons (Fsp3) is 0.286. The van der Waals surface area contributed by atoms with E-state index in [0.29, 0.717) is 11.4 Å². The molecule has 0 amide bonds. The SMILES string of the molecule is CCc1nnc(Nc2cccnc2)c(C#N)c1CC. The lowest BCUT2D eigenvalue weighted by atomic mass is 10.0. The molecule has 0 aromatic carbocycles. The molecule has 0 aliphatic rings. The standard InChI is InChI=1S/C14H15N5/c1-3-11-12(8-15)14(19-18-13(11)4-2)17-10-6-5-7-16-9-10/h5-7,9H,3-4H2,1-2H3,(H,17,19). The van der Waals surface area contributed by atoms with Gasteiger partial charge in [-0.05, 0) is 30.5 Å². The summed E-state index contributed by atoms with van der Waals surface area (Å²) < 4.78 is 0. The number of aromatic nitrogens is 3. The molecular weight excluding hydrogens is 238 g/mol. The Balaban J connectivity index is 2.44. The second-order valence-corrected chi connectivity index (χ2v) is 4.03. The van der Waals surface area contributed by atoms with E-state index in [-0.39, 0.29) is 0 Å². The maximum Gasteiger partial charge on any atom is 0.171 e. The summed E-state index contributed by atoms with van der Waals surface area (Å²) >= 11 is 0. The Labute approximate surface area is 112 Å². The minimum Gasteiger partial charge on any atom is -0.336 e. The Morgan fingerprint density at radius 3 is 2.68 bits per heavy atom. The van der Waals surface area contributed by atoms with Crippen molar-refractivity contribution in [3.05, 3.63) is 41.3 Å². The molecule has 19 heavy (non-hydrogen) atoms. The molecule has 2 heterocycles. The van der Waals surface area contributed by atoms with Crippen LogP contribution in [0.15, 0.2) is 24.5 Å². The molecule has 0 saturated carbocycles. The number of nitriles is 1. The summed E-state index contributed by atoms with van der Waals surface area (Å²) in [5.74, 6) is 0.490. The smallest absolute Gasteiger partial charge is 0.171 e. The summed E-state index contributed by atoms with van der Waals surface area (Å²) in [6.07, 6.45) is 4.92. The van der Waals surface area contributed by atoms with Crippen molar-refractivity contribution >= 4 is 11.5 Å². The fourth-order valence-corrected chi connectivity index (χ4v) is 1.95. The van der Waals surface area contributed by atoms with Crippen LogP contribution in [0.1, 0.15) is 30.7 Å². The molecular formula is C14H15N5. The van der Waals surface area contributed by atoms with Gasteiger partial charge < -0.3 is 5.32 Å². The highest BCUT2D eigenvalue weighted by Gasteiger charge is 2.14. The molecule has 2 rings (SSSR count). The molecule has 0 spiro atoms. The summed E-state index contributed by atoms with van der Waals surface area (Å²) in [5, 5.41) is 20.7. The van der Waals surface area contributed by atoms with Gasteiger partial charge in [-0.25, -0.2) is 0 Å². The first-order valence-electron chi connectivity index (χ1n) is 6.25. The highest BCUT2D eigenvalue weighted by molar-refractivity contribution is 5.64. The van der Waals surface area contributed by atoms with E-state index < -0.39 is 0 Å². The third-order valence-corrected chi connectivity index (χ3v) is 2.88.